The van der Waals surface area contributed by atoms with Crippen LogP contribution in [0.15, 0.2) is 22.7 Å². The normalized spacial score (nSPS) is 11.5. The van der Waals surface area contributed by atoms with Crippen molar-refractivity contribution in [1.29, 1.82) is 0 Å². The van der Waals surface area contributed by atoms with Gasteiger partial charge < -0.3 is 25.6 Å². The highest BCUT2D eigenvalue weighted by molar-refractivity contribution is 9.10. The Balaban J connectivity index is 2.76. The van der Waals surface area contributed by atoms with E-state index in [0.717, 1.165) is 4.47 Å². The zero-order valence-electron chi connectivity index (χ0n) is 10.0. The summed E-state index contributed by atoms with van der Waals surface area (Å²) in [6, 6.07) is 2.86. The van der Waals surface area contributed by atoms with Gasteiger partial charge in [-0.15, -0.1) is 0 Å². The fourth-order valence-corrected chi connectivity index (χ4v) is 1.64. The maximum Gasteiger partial charge on any atom is 0.328 e. The van der Waals surface area contributed by atoms with Gasteiger partial charge in [-0.05, 0) is 18.2 Å². The van der Waals surface area contributed by atoms with Crippen molar-refractivity contribution >= 4 is 33.6 Å². The van der Waals surface area contributed by atoms with Crippen molar-refractivity contribution in [3.63, 3.8) is 0 Å². The van der Waals surface area contributed by atoms with Crippen LogP contribution in [0.3, 0.4) is 0 Å². The van der Waals surface area contributed by atoms with Crippen LogP contribution in [0.1, 0.15) is 0 Å². The lowest BCUT2D eigenvalue weighted by Crippen LogP contribution is -2.45. The Labute approximate surface area is 117 Å². The minimum atomic E-state index is -1.36. The number of anilines is 1. The second kappa shape index (κ2) is 6.95. The summed E-state index contributed by atoms with van der Waals surface area (Å²) in [5.74, 6) is -0.895. The summed E-state index contributed by atoms with van der Waals surface area (Å²) in [6.45, 7) is -0.696. The number of aliphatic carboxylic acids is 1. The zero-order chi connectivity index (χ0) is 14.4. The lowest BCUT2D eigenvalue weighted by atomic mass is 10.3. The fourth-order valence-electron chi connectivity index (χ4n) is 1.28. The van der Waals surface area contributed by atoms with Gasteiger partial charge in [-0.3, -0.25) is 0 Å². The van der Waals surface area contributed by atoms with Crippen molar-refractivity contribution in [1.82, 2.24) is 5.32 Å². The number of rotatable bonds is 5. The number of hydrogen-bond acceptors (Lipinski definition) is 4. The molecule has 0 unspecified atom stereocenters. The molecule has 1 atom stereocenters. The molecule has 0 radical (unpaired) electrons. The number of halogens is 1. The van der Waals surface area contributed by atoms with Crippen LogP contribution in [0.4, 0.5) is 10.5 Å². The monoisotopic (exact) mass is 332 g/mol. The van der Waals surface area contributed by atoms with Crippen LogP contribution in [0, 0.1) is 0 Å². The highest BCUT2D eigenvalue weighted by Crippen LogP contribution is 2.27. The van der Waals surface area contributed by atoms with Gasteiger partial charge in [-0.2, -0.15) is 0 Å². The number of ether oxygens (including phenoxy) is 1. The van der Waals surface area contributed by atoms with Crippen molar-refractivity contribution in [3.05, 3.63) is 22.7 Å². The Morgan fingerprint density at radius 3 is 2.68 bits per heavy atom. The van der Waals surface area contributed by atoms with Gasteiger partial charge in [0.05, 0.1) is 19.4 Å². The summed E-state index contributed by atoms with van der Waals surface area (Å²) in [7, 11) is 1.44. The molecule has 8 heteroatoms. The van der Waals surface area contributed by atoms with Gasteiger partial charge >= 0.3 is 12.0 Å². The molecule has 0 saturated heterocycles. The van der Waals surface area contributed by atoms with Crippen LogP contribution in [-0.2, 0) is 4.79 Å². The quantitative estimate of drug-likeness (QED) is 0.644. The summed E-state index contributed by atoms with van der Waals surface area (Å²) in [6.07, 6.45) is 0. The van der Waals surface area contributed by atoms with Crippen LogP contribution in [0.5, 0.6) is 5.75 Å². The number of aliphatic hydroxyl groups is 1. The van der Waals surface area contributed by atoms with Gasteiger partial charge in [-0.25, -0.2) is 9.59 Å². The Bertz CT molecular complexity index is 480. The van der Waals surface area contributed by atoms with Crippen LogP contribution < -0.4 is 15.4 Å². The smallest absolute Gasteiger partial charge is 0.328 e. The summed E-state index contributed by atoms with van der Waals surface area (Å²) < 4.78 is 5.77. The van der Waals surface area contributed by atoms with E-state index in [9.17, 15) is 9.59 Å². The van der Waals surface area contributed by atoms with Gasteiger partial charge in [0.25, 0.3) is 0 Å². The molecule has 0 aromatic heterocycles. The molecule has 19 heavy (non-hydrogen) atoms. The van der Waals surface area contributed by atoms with Crippen molar-refractivity contribution in [2.45, 2.75) is 6.04 Å². The van der Waals surface area contributed by atoms with Gasteiger partial charge in [0.15, 0.2) is 6.04 Å². The average Bonchev–Trinajstić information content (AvgIpc) is 2.35. The van der Waals surface area contributed by atoms with E-state index in [1.54, 1.807) is 18.2 Å². The summed E-state index contributed by atoms with van der Waals surface area (Å²) >= 11 is 3.24. The molecular formula is C11H13BrN2O5. The van der Waals surface area contributed by atoms with E-state index in [4.69, 9.17) is 14.9 Å². The largest absolute Gasteiger partial charge is 0.495 e. The first-order valence-electron chi connectivity index (χ1n) is 5.22. The minimum absolute atomic E-state index is 0.372. The molecule has 1 aromatic carbocycles. The van der Waals surface area contributed by atoms with E-state index >= 15 is 0 Å². The van der Waals surface area contributed by atoms with Crippen LogP contribution in [0.25, 0.3) is 0 Å². The highest BCUT2D eigenvalue weighted by Gasteiger charge is 2.19. The number of aliphatic hydroxyl groups excluding tert-OH is 1. The Morgan fingerprint density at radius 2 is 2.16 bits per heavy atom. The lowest BCUT2D eigenvalue weighted by Gasteiger charge is -2.14. The Kier molecular flexibility index (Phi) is 5.58. The number of methoxy groups -OCH3 is 1. The molecule has 4 N–H and O–H groups in total. The SMILES string of the molecule is COc1ccc(Br)cc1NC(=O)N[C@@H](CO)C(=O)O. The van der Waals surface area contributed by atoms with Gasteiger partial charge in [0.1, 0.15) is 5.75 Å². The number of carboxylic acid groups (broad SMARTS) is 1. The van der Waals surface area contributed by atoms with Gasteiger partial charge in [0, 0.05) is 4.47 Å². The third-order valence-corrected chi connectivity index (χ3v) is 2.69. The van der Waals surface area contributed by atoms with Crippen molar-refractivity contribution in [2.75, 3.05) is 19.0 Å². The van der Waals surface area contributed by atoms with Gasteiger partial charge in [0.2, 0.25) is 0 Å². The van der Waals surface area contributed by atoms with Crippen LogP contribution in [0.2, 0.25) is 0 Å². The lowest BCUT2D eigenvalue weighted by molar-refractivity contribution is -0.140. The molecule has 0 saturated carbocycles. The Hall–Kier alpha value is -1.80. The molecule has 0 aliphatic carbocycles. The van der Waals surface area contributed by atoms with Gasteiger partial charge in [-0.1, -0.05) is 15.9 Å². The number of nitrogens with one attached hydrogen (secondary N) is 2. The van der Waals surface area contributed by atoms with E-state index in [0.29, 0.717) is 11.4 Å². The maximum atomic E-state index is 11.6. The molecule has 0 bridgehead atoms. The standard InChI is InChI=1S/C11H13BrN2O5/c1-19-9-3-2-6(12)4-7(9)13-11(18)14-8(5-15)10(16)17/h2-4,8,15H,5H2,1H3,(H,16,17)(H2,13,14,18)/t8-/m0/s1. The summed E-state index contributed by atoms with van der Waals surface area (Å²) in [4.78, 5) is 22.3. The first-order valence-corrected chi connectivity index (χ1v) is 6.02. The molecule has 1 aromatic rings. The predicted octanol–water partition coefficient (Wildman–Crippen LogP) is 1.02. The molecule has 0 heterocycles. The van der Waals surface area contributed by atoms with E-state index in [1.807, 2.05) is 0 Å². The third-order valence-electron chi connectivity index (χ3n) is 2.20. The number of carboxylic acids is 1. The fraction of sp³-hybridized carbons (Fsp3) is 0.273. The first kappa shape index (κ1) is 15.3. The predicted molar refractivity (Wildman–Crippen MR) is 71.4 cm³/mol. The number of benzene rings is 1. The molecule has 104 valence electrons. The first-order chi connectivity index (χ1) is 8.97. The van der Waals surface area contributed by atoms with E-state index < -0.39 is 24.6 Å². The van der Waals surface area contributed by atoms with Crippen LogP contribution >= 0.6 is 15.9 Å². The molecule has 0 aliphatic rings. The molecule has 0 aliphatic heterocycles. The molecule has 2 amide bonds. The van der Waals surface area contributed by atoms with Crippen molar-refractivity contribution < 1.29 is 24.5 Å². The Morgan fingerprint density at radius 1 is 1.47 bits per heavy atom. The molecule has 7 nitrogen and oxygen atoms in total. The number of hydrogen-bond donors (Lipinski definition) is 4. The zero-order valence-corrected chi connectivity index (χ0v) is 11.6. The molecule has 0 spiro atoms. The average molecular weight is 333 g/mol. The van der Waals surface area contributed by atoms with Crippen molar-refractivity contribution in [2.24, 2.45) is 0 Å². The van der Waals surface area contributed by atoms with Crippen LogP contribution in [-0.4, -0.2) is 42.0 Å². The number of carbonyl (C=O) groups excluding carboxylic acids is 1. The van der Waals surface area contributed by atoms with E-state index in [-0.39, 0.29) is 0 Å². The highest BCUT2D eigenvalue weighted by atomic mass is 79.9. The van der Waals surface area contributed by atoms with E-state index in [2.05, 4.69) is 26.6 Å². The number of carbonyl (C=O) groups is 2. The molecular weight excluding hydrogens is 320 g/mol. The topological polar surface area (TPSA) is 108 Å². The minimum Gasteiger partial charge on any atom is -0.495 e. The van der Waals surface area contributed by atoms with E-state index in [1.165, 1.54) is 7.11 Å². The maximum absolute atomic E-state index is 11.6. The third kappa shape index (κ3) is 4.42. The second-order valence-corrected chi connectivity index (χ2v) is 4.43. The molecule has 1 rings (SSSR count). The number of urea groups is 1. The summed E-state index contributed by atoms with van der Waals surface area (Å²) in [5, 5.41) is 22.1. The molecule has 0 fully saturated rings. The summed E-state index contributed by atoms with van der Waals surface area (Å²) in [5.41, 5.74) is 0.372. The van der Waals surface area contributed by atoms with Crippen molar-refractivity contribution in [3.8, 4) is 5.75 Å². The number of amides is 2. The second-order valence-electron chi connectivity index (χ2n) is 3.52.